The molecule has 0 fully saturated rings. The van der Waals surface area contributed by atoms with E-state index in [1.54, 1.807) is 0 Å². The predicted molar refractivity (Wildman–Crippen MR) is 80.8 cm³/mol. The zero-order valence-electron chi connectivity index (χ0n) is 10.8. The van der Waals surface area contributed by atoms with Gasteiger partial charge in [-0.1, -0.05) is 60.7 Å². The molecule has 19 heavy (non-hydrogen) atoms. The Morgan fingerprint density at radius 1 is 0.895 bits per heavy atom. The molecule has 98 valence electrons. The monoisotopic (exact) mass is 272 g/mol. The van der Waals surface area contributed by atoms with Crippen molar-refractivity contribution in [2.45, 2.75) is 13.1 Å². The summed E-state index contributed by atoms with van der Waals surface area (Å²) in [5.41, 5.74) is 5.28. The first-order chi connectivity index (χ1) is 9.29. The molecule has 0 aliphatic carbocycles. The fraction of sp³-hybridized carbons (Fsp3) is 0.133. The molecule has 3 nitrogen and oxygen atoms in total. The molecule has 0 saturated heterocycles. The van der Waals surface area contributed by atoms with Gasteiger partial charge in [0.2, 0.25) is 5.11 Å². The molecule has 4 heteroatoms. The van der Waals surface area contributed by atoms with Gasteiger partial charge in [-0.05, 0) is 23.3 Å². The van der Waals surface area contributed by atoms with Crippen molar-refractivity contribution in [1.29, 1.82) is 0 Å². The van der Waals surface area contributed by atoms with Gasteiger partial charge in [0.25, 0.3) is 0 Å². The van der Waals surface area contributed by atoms with E-state index < -0.39 is 0 Å². The zero-order valence-corrected chi connectivity index (χ0v) is 11.6. The quantitative estimate of drug-likeness (QED) is 0.658. The topological polar surface area (TPSA) is 42.9 Å². The maximum Gasteiger partial charge on any atom is 0.216 e. The average Bonchev–Trinajstić information content (AvgIpc) is 2.48. The molecule has 0 aliphatic rings. The lowest BCUT2D eigenvalue weighted by Crippen LogP contribution is -2.69. The van der Waals surface area contributed by atoms with Crippen molar-refractivity contribution in [2.75, 3.05) is 0 Å². The molecule has 4 N–H and O–H groups in total. The summed E-state index contributed by atoms with van der Waals surface area (Å²) in [6, 6.07) is 20.6. The molecule has 0 saturated carbocycles. The van der Waals surface area contributed by atoms with Crippen LogP contribution in [0.4, 0.5) is 0 Å². The van der Waals surface area contributed by atoms with Crippen LogP contribution in [0.15, 0.2) is 60.7 Å². The molecule has 2 aromatic carbocycles. The predicted octanol–water partition coefficient (Wildman–Crippen LogP) is 1.72. The van der Waals surface area contributed by atoms with E-state index >= 15 is 0 Å². The summed E-state index contributed by atoms with van der Waals surface area (Å²) in [4.78, 5) is 2.10. The van der Waals surface area contributed by atoms with Gasteiger partial charge < -0.3 is 4.90 Å². The van der Waals surface area contributed by atoms with Crippen LogP contribution in [0.3, 0.4) is 0 Å². The number of nitrogens with zero attached hydrogens (tertiary/aromatic N) is 1. The van der Waals surface area contributed by atoms with Gasteiger partial charge in [0, 0.05) is 13.1 Å². The van der Waals surface area contributed by atoms with Crippen molar-refractivity contribution in [2.24, 2.45) is 0 Å². The lowest BCUT2D eigenvalue weighted by Gasteiger charge is -2.23. The molecular formula is C15H18N3S+. The summed E-state index contributed by atoms with van der Waals surface area (Å²) in [7, 11) is 0. The number of rotatable bonds is 4. The van der Waals surface area contributed by atoms with Crippen molar-refractivity contribution in [3.8, 4) is 0 Å². The third-order valence-electron chi connectivity index (χ3n) is 2.87. The van der Waals surface area contributed by atoms with E-state index in [9.17, 15) is 0 Å². The fourth-order valence-corrected chi connectivity index (χ4v) is 2.05. The summed E-state index contributed by atoms with van der Waals surface area (Å²) < 4.78 is 0. The van der Waals surface area contributed by atoms with Crippen molar-refractivity contribution in [3.05, 3.63) is 71.8 Å². The Bertz CT molecular complexity index is 472. The van der Waals surface area contributed by atoms with Crippen LogP contribution < -0.4 is 11.3 Å². The van der Waals surface area contributed by atoms with Gasteiger partial charge >= 0.3 is 0 Å². The Hall–Kier alpha value is -1.91. The largest absolute Gasteiger partial charge is 0.337 e. The maximum absolute atomic E-state index is 5.33. The summed E-state index contributed by atoms with van der Waals surface area (Å²) in [6.07, 6.45) is 0. The van der Waals surface area contributed by atoms with Crippen LogP contribution in [0.2, 0.25) is 0 Å². The van der Waals surface area contributed by atoms with Crippen LogP contribution >= 0.6 is 12.2 Å². The van der Waals surface area contributed by atoms with Gasteiger partial charge in [-0.15, -0.1) is 0 Å². The van der Waals surface area contributed by atoms with E-state index in [0.717, 1.165) is 13.1 Å². The number of nitrogens with one attached hydrogen (secondary N) is 1. The molecule has 2 rings (SSSR count). The van der Waals surface area contributed by atoms with E-state index in [1.807, 2.05) is 36.4 Å². The highest BCUT2D eigenvalue weighted by atomic mass is 32.1. The fourth-order valence-electron chi connectivity index (χ4n) is 1.92. The summed E-state index contributed by atoms with van der Waals surface area (Å²) in [5, 5.41) is 0.660. The molecule has 0 heterocycles. The number of hydrogen-bond donors (Lipinski definition) is 2. The van der Waals surface area contributed by atoms with Crippen LogP contribution in [-0.2, 0) is 13.1 Å². The minimum absolute atomic E-state index is 0.660. The molecule has 0 aliphatic heterocycles. The van der Waals surface area contributed by atoms with Crippen molar-refractivity contribution in [1.82, 2.24) is 10.3 Å². The average molecular weight is 272 g/mol. The minimum atomic E-state index is 0.660. The highest BCUT2D eigenvalue weighted by molar-refractivity contribution is 7.80. The number of quaternary nitrogens is 1. The molecule has 0 radical (unpaired) electrons. The lowest BCUT2D eigenvalue weighted by atomic mass is 10.2. The SMILES string of the molecule is [NH3+]NC(=S)N(Cc1ccccc1)Cc1ccccc1. The molecule has 2 aromatic rings. The van der Waals surface area contributed by atoms with Crippen molar-refractivity contribution >= 4 is 17.3 Å². The third kappa shape index (κ3) is 4.05. The van der Waals surface area contributed by atoms with E-state index in [4.69, 9.17) is 12.2 Å². The Balaban J connectivity index is 2.10. The zero-order chi connectivity index (χ0) is 13.5. The normalized spacial score (nSPS) is 9.95. The molecule has 0 bridgehead atoms. The molecule has 0 unspecified atom stereocenters. The first-order valence-electron chi connectivity index (χ1n) is 6.19. The number of thiocarbonyl (C=S) groups is 1. The second-order valence-corrected chi connectivity index (χ2v) is 4.70. The maximum atomic E-state index is 5.33. The van der Waals surface area contributed by atoms with Crippen LogP contribution in [0, 0.1) is 0 Å². The Labute approximate surface area is 119 Å². The Morgan fingerprint density at radius 3 is 1.68 bits per heavy atom. The van der Waals surface area contributed by atoms with Crippen LogP contribution in [0.5, 0.6) is 0 Å². The van der Waals surface area contributed by atoms with Gasteiger partial charge in [-0.3, -0.25) is 5.84 Å². The Morgan fingerprint density at radius 2 is 1.32 bits per heavy atom. The smallest absolute Gasteiger partial charge is 0.216 e. The van der Waals surface area contributed by atoms with Gasteiger partial charge in [0.15, 0.2) is 0 Å². The van der Waals surface area contributed by atoms with Crippen LogP contribution in [0.1, 0.15) is 11.1 Å². The van der Waals surface area contributed by atoms with E-state index in [1.165, 1.54) is 11.1 Å². The highest BCUT2D eigenvalue weighted by Gasteiger charge is 2.10. The second kappa shape index (κ2) is 6.87. The van der Waals surface area contributed by atoms with Crippen molar-refractivity contribution < 1.29 is 5.84 Å². The standard InChI is InChI=1S/C15H17N3S/c16-17-15(19)18(11-13-7-3-1-4-8-13)12-14-9-5-2-6-10-14/h1-10H,11-12,16H2,(H,17,19)/p+1. The highest BCUT2D eigenvalue weighted by Crippen LogP contribution is 2.10. The van der Waals surface area contributed by atoms with Gasteiger partial charge in [0.1, 0.15) is 0 Å². The van der Waals surface area contributed by atoms with Gasteiger partial charge in [0.05, 0.1) is 0 Å². The number of hydrogen-bond acceptors (Lipinski definition) is 1. The molecule has 0 atom stereocenters. The first-order valence-corrected chi connectivity index (χ1v) is 6.60. The van der Waals surface area contributed by atoms with Crippen molar-refractivity contribution in [3.63, 3.8) is 0 Å². The summed E-state index contributed by atoms with van der Waals surface area (Å²) in [5.74, 6) is 3.66. The molecule has 0 aromatic heterocycles. The van der Waals surface area contributed by atoms with E-state index in [-0.39, 0.29) is 0 Å². The van der Waals surface area contributed by atoms with Crippen LogP contribution in [0.25, 0.3) is 0 Å². The van der Waals surface area contributed by atoms with E-state index in [0.29, 0.717) is 5.11 Å². The van der Waals surface area contributed by atoms with Gasteiger partial charge in [-0.25, -0.2) is 5.43 Å². The lowest BCUT2D eigenvalue weighted by molar-refractivity contribution is -0.420. The second-order valence-electron chi connectivity index (χ2n) is 4.31. The summed E-state index contributed by atoms with van der Waals surface area (Å²) >= 11 is 5.33. The molecule has 0 amide bonds. The summed E-state index contributed by atoms with van der Waals surface area (Å²) in [6.45, 7) is 1.55. The third-order valence-corrected chi connectivity index (χ3v) is 3.27. The van der Waals surface area contributed by atoms with Gasteiger partial charge in [-0.2, -0.15) is 0 Å². The first kappa shape index (κ1) is 13.5. The Kier molecular flexibility index (Phi) is 4.89. The number of benzene rings is 2. The van der Waals surface area contributed by atoms with E-state index in [2.05, 4.69) is 40.4 Å². The van der Waals surface area contributed by atoms with Crippen LogP contribution in [-0.4, -0.2) is 10.0 Å². The molecular weight excluding hydrogens is 254 g/mol. The minimum Gasteiger partial charge on any atom is -0.337 e. The molecule has 0 spiro atoms.